The zero-order valence-corrected chi connectivity index (χ0v) is 19.4. The summed E-state index contributed by atoms with van der Waals surface area (Å²) in [6.45, 7) is 8.36. The molecule has 0 saturated carbocycles. The summed E-state index contributed by atoms with van der Waals surface area (Å²) in [6.07, 6.45) is 6.81. The molecule has 0 radical (unpaired) electrons. The van der Waals surface area contributed by atoms with E-state index in [1.54, 1.807) is 0 Å². The third kappa shape index (κ3) is 12.8. The summed E-state index contributed by atoms with van der Waals surface area (Å²) in [5.74, 6) is -2.43. The van der Waals surface area contributed by atoms with Gasteiger partial charge in [-0.3, -0.25) is 9.59 Å². The van der Waals surface area contributed by atoms with Crippen LogP contribution in [0.5, 0.6) is 0 Å². The lowest BCUT2D eigenvalue weighted by molar-refractivity contribution is -0.179. The number of carbonyl (C=O) groups excluding carboxylic acids is 3. The zero-order chi connectivity index (χ0) is 22.8. The molecule has 0 aliphatic rings. The third-order valence-corrected chi connectivity index (χ3v) is 4.88. The predicted molar refractivity (Wildman–Crippen MR) is 115 cm³/mol. The minimum atomic E-state index is -2.28. The molecule has 176 valence electrons. The topological polar surface area (TPSA) is 99.1 Å². The molecule has 7 nitrogen and oxygen atoms in total. The first-order chi connectivity index (χ1) is 14.3. The number of carbonyl (C=O) groups is 3. The normalized spacial score (nSPS) is 13.9. The Labute approximate surface area is 181 Å². The van der Waals surface area contributed by atoms with E-state index in [1.165, 1.54) is 0 Å². The maximum Gasteiger partial charge on any atom is 0.339 e. The summed E-state index contributed by atoms with van der Waals surface area (Å²) in [5, 5.41) is 10.9. The minimum Gasteiger partial charge on any atom is -0.466 e. The van der Waals surface area contributed by atoms with Crippen molar-refractivity contribution in [3.8, 4) is 0 Å². The molecule has 0 aliphatic heterocycles. The monoisotopic (exact) mass is 430 g/mol. The molecule has 0 rings (SSSR count). The molecule has 2 unspecified atom stereocenters. The van der Waals surface area contributed by atoms with Crippen LogP contribution in [0.1, 0.15) is 105 Å². The van der Waals surface area contributed by atoms with E-state index in [0.717, 1.165) is 44.9 Å². The van der Waals surface area contributed by atoms with E-state index in [4.69, 9.17) is 14.2 Å². The van der Waals surface area contributed by atoms with E-state index in [0.29, 0.717) is 19.3 Å². The van der Waals surface area contributed by atoms with Crippen molar-refractivity contribution in [3.63, 3.8) is 0 Å². The van der Waals surface area contributed by atoms with Crippen LogP contribution in [-0.2, 0) is 28.6 Å². The Morgan fingerprint density at radius 1 is 0.767 bits per heavy atom. The second-order valence-electron chi connectivity index (χ2n) is 7.82. The van der Waals surface area contributed by atoms with Gasteiger partial charge in [0.25, 0.3) is 0 Å². The SMILES string of the molecule is CCCCCOC(=O)CC(O)(CC(=O)OC(CC)CCCC)C(=O)OCCCCC. The number of unbranched alkanes of at least 4 members (excludes halogenated alkanes) is 5. The van der Waals surface area contributed by atoms with Gasteiger partial charge < -0.3 is 19.3 Å². The molecule has 1 N–H and O–H groups in total. The number of esters is 3. The molecular formula is C23H42O7. The van der Waals surface area contributed by atoms with E-state index >= 15 is 0 Å². The second-order valence-corrected chi connectivity index (χ2v) is 7.82. The maximum absolute atomic E-state index is 12.5. The molecule has 0 aromatic carbocycles. The molecule has 0 fully saturated rings. The van der Waals surface area contributed by atoms with Crippen molar-refractivity contribution in [3.05, 3.63) is 0 Å². The van der Waals surface area contributed by atoms with Gasteiger partial charge in [-0.25, -0.2) is 4.79 Å². The summed E-state index contributed by atoms with van der Waals surface area (Å²) < 4.78 is 15.7. The Hall–Kier alpha value is -1.63. The molecule has 0 amide bonds. The van der Waals surface area contributed by atoms with Crippen molar-refractivity contribution in [1.29, 1.82) is 0 Å². The molecular weight excluding hydrogens is 388 g/mol. The van der Waals surface area contributed by atoms with Crippen LogP contribution < -0.4 is 0 Å². The molecule has 30 heavy (non-hydrogen) atoms. The first kappa shape index (κ1) is 28.4. The Kier molecular flexibility index (Phi) is 16.2. The van der Waals surface area contributed by atoms with Crippen LogP contribution in [-0.4, -0.2) is 47.9 Å². The van der Waals surface area contributed by atoms with E-state index in [1.807, 2.05) is 27.7 Å². The average Bonchev–Trinajstić information content (AvgIpc) is 2.71. The fraction of sp³-hybridized carbons (Fsp3) is 0.870. The highest BCUT2D eigenvalue weighted by atomic mass is 16.6. The smallest absolute Gasteiger partial charge is 0.339 e. The summed E-state index contributed by atoms with van der Waals surface area (Å²) in [5.41, 5.74) is -2.28. The van der Waals surface area contributed by atoms with Gasteiger partial charge in [-0.1, -0.05) is 66.2 Å². The average molecular weight is 431 g/mol. The fourth-order valence-corrected chi connectivity index (χ4v) is 2.93. The number of aliphatic hydroxyl groups is 1. The second kappa shape index (κ2) is 17.1. The van der Waals surface area contributed by atoms with Crippen molar-refractivity contribution in [1.82, 2.24) is 0 Å². The quantitative estimate of drug-likeness (QED) is 0.194. The molecule has 0 spiro atoms. The molecule has 0 aromatic rings. The lowest BCUT2D eigenvalue weighted by Crippen LogP contribution is -2.45. The van der Waals surface area contributed by atoms with Crippen molar-refractivity contribution in [2.24, 2.45) is 0 Å². The van der Waals surface area contributed by atoms with Crippen LogP contribution in [0.4, 0.5) is 0 Å². The van der Waals surface area contributed by atoms with Gasteiger partial charge in [0, 0.05) is 0 Å². The molecule has 0 aliphatic carbocycles. The van der Waals surface area contributed by atoms with Crippen LogP contribution in [0.2, 0.25) is 0 Å². The summed E-state index contributed by atoms with van der Waals surface area (Å²) in [6, 6.07) is 0. The van der Waals surface area contributed by atoms with Crippen LogP contribution in [0.15, 0.2) is 0 Å². The van der Waals surface area contributed by atoms with Crippen molar-refractivity contribution in [2.75, 3.05) is 13.2 Å². The predicted octanol–water partition coefficient (Wildman–Crippen LogP) is 4.48. The van der Waals surface area contributed by atoms with Crippen molar-refractivity contribution < 1.29 is 33.7 Å². The third-order valence-electron chi connectivity index (χ3n) is 4.88. The molecule has 0 saturated heterocycles. The number of ether oxygens (including phenoxy) is 3. The van der Waals surface area contributed by atoms with Crippen LogP contribution in [0, 0.1) is 0 Å². The van der Waals surface area contributed by atoms with E-state index in [9.17, 15) is 19.5 Å². The largest absolute Gasteiger partial charge is 0.466 e. The van der Waals surface area contributed by atoms with Gasteiger partial charge in [0.2, 0.25) is 0 Å². The lowest BCUT2D eigenvalue weighted by atomic mass is 9.95. The van der Waals surface area contributed by atoms with E-state index in [2.05, 4.69) is 0 Å². The molecule has 0 aromatic heterocycles. The number of hydrogen-bond acceptors (Lipinski definition) is 7. The first-order valence-corrected chi connectivity index (χ1v) is 11.6. The zero-order valence-electron chi connectivity index (χ0n) is 19.4. The van der Waals surface area contributed by atoms with Crippen LogP contribution >= 0.6 is 0 Å². The Bertz CT molecular complexity index is 492. The highest BCUT2D eigenvalue weighted by molar-refractivity contribution is 5.90. The highest BCUT2D eigenvalue weighted by Gasteiger charge is 2.43. The Balaban J connectivity index is 4.99. The van der Waals surface area contributed by atoms with E-state index < -0.39 is 36.4 Å². The van der Waals surface area contributed by atoms with Gasteiger partial charge in [0.15, 0.2) is 5.60 Å². The van der Waals surface area contributed by atoms with Crippen LogP contribution in [0.25, 0.3) is 0 Å². The van der Waals surface area contributed by atoms with Crippen molar-refractivity contribution in [2.45, 2.75) is 116 Å². The summed E-state index contributed by atoms with van der Waals surface area (Å²) in [4.78, 5) is 37.1. The summed E-state index contributed by atoms with van der Waals surface area (Å²) >= 11 is 0. The lowest BCUT2D eigenvalue weighted by Gasteiger charge is -2.25. The standard InChI is InChI=1S/C23H42O7/c1-5-9-12-15-28-20(24)17-23(27,22(26)29-16-13-10-6-2)18-21(25)30-19(8-4)14-11-7-3/h19,27H,5-18H2,1-4H3. The minimum absolute atomic E-state index is 0.129. The van der Waals surface area contributed by atoms with Gasteiger partial charge in [-0.15, -0.1) is 0 Å². The summed E-state index contributed by atoms with van der Waals surface area (Å²) in [7, 11) is 0. The van der Waals surface area contributed by atoms with Gasteiger partial charge >= 0.3 is 17.9 Å². The molecule has 2 atom stereocenters. The number of rotatable bonds is 18. The number of hydrogen-bond donors (Lipinski definition) is 1. The molecule has 7 heteroatoms. The van der Waals surface area contributed by atoms with Gasteiger partial charge in [-0.2, -0.15) is 0 Å². The van der Waals surface area contributed by atoms with Crippen LogP contribution in [0.3, 0.4) is 0 Å². The first-order valence-electron chi connectivity index (χ1n) is 11.6. The van der Waals surface area contributed by atoms with Gasteiger partial charge in [-0.05, 0) is 25.7 Å². The Morgan fingerprint density at radius 2 is 1.30 bits per heavy atom. The van der Waals surface area contributed by atoms with Crippen molar-refractivity contribution >= 4 is 17.9 Å². The highest BCUT2D eigenvalue weighted by Crippen LogP contribution is 2.22. The Morgan fingerprint density at radius 3 is 1.83 bits per heavy atom. The fourth-order valence-electron chi connectivity index (χ4n) is 2.93. The maximum atomic E-state index is 12.5. The van der Waals surface area contributed by atoms with Gasteiger partial charge in [0.05, 0.1) is 26.1 Å². The molecule has 0 bridgehead atoms. The van der Waals surface area contributed by atoms with Gasteiger partial charge in [0.1, 0.15) is 6.10 Å². The van der Waals surface area contributed by atoms with E-state index in [-0.39, 0.29) is 19.3 Å². The molecule has 0 heterocycles.